The molecule has 6 nitrogen and oxygen atoms in total. The second kappa shape index (κ2) is 7.54. The van der Waals surface area contributed by atoms with Crippen molar-refractivity contribution in [3.63, 3.8) is 0 Å². The van der Waals surface area contributed by atoms with Crippen LogP contribution in [0.25, 0.3) is 11.4 Å². The summed E-state index contributed by atoms with van der Waals surface area (Å²) >= 11 is 0. The molecule has 6 heteroatoms. The Morgan fingerprint density at radius 3 is 2.41 bits per heavy atom. The number of hydrogen-bond acceptors (Lipinski definition) is 5. The molecule has 1 aromatic heterocycles. The standard InChI is InChI=1S/C23H24N4O2/c1-14(2)16-10-12-17(13-11-16)20-19(22(28)29-4)15(3)24-23-25-21(26-27(20)23)18-8-6-5-7-9-18/h5-14,20H,1-4H3,(H,24,25,26). The van der Waals surface area contributed by atoms with Crippen molar-refractivity contribution in [3.8, 4) is 11.4 Å². The van der Waals surface area contributed by atoms with E-state index in [0.717, 1.165) is 11.1 Å². The fourth-order valence-corrected chi connectivity index (χ4v) is 3.61. The van der Waals surface area contributed by atoms with Gasteiger partial charge in [0.1, 0.15) is 6.04 Å². The number of methoxy groups -OCH3 is 1. The molecule has 1 N–H and O–H groups in total. The Balaban J connectivity index is 1.85. The molecular formula is C23H24N4O2. The summed E-state index contributed by atoms with van der Waals surface area (Å²) in [6.45, 7) is 6.18. The SMILES string of the molecule is COC(=O)C1=C(C)Nc2nc(-c3ccccc3)nn2C1c1ccc(C(C)C)cc1. The Morgan fingerprint density at radius 2 is 1.79 bits per heavy atom. The van der Waals surface area contributed by atoms with Gasteiger partial charge in [-0.1, -0.05) is 68.4 Å². The number of aromatic nitrogens is 3. The van der Waals surface area contributed by atoms with Gasteiger partial charge < -0.3 is 10.1 Å². The predicted molar refractivity (Wildman–Crippen MR) is 112 cm³/mol. The van der Waals surface area contributed by atoms with E-state index in [4.69, 9.17) is 9.84 Å². The number of rotatable bonds is 4. The van der Waals surface area contributed by atoms with E-state index in [9.17, 15) is 4.79 Å². The largest absolute Gasteiger partial charge is 0.466 e. The molecule has 0 aliphatic carbocycles. The molecule has 4 rings (SSSR count). The first kappa shape index (κ1) is 18.9. The predicted octanol–water partition coefficient (Wildman–Crippen LogP) is 4.53. The van der Waals surface area contributed by atoms with Gasteiger partial charge in [0.05, 0.1) is 12.7 Å². The Morgan fingerprint density at radius 1 is 1.10 bits per heavy atom. The molecule has 2 heterocycles. The van der Waals surface area contributed by atoms with Crippen LogP contribution in [0.15, 0.2) is 65.9 Å². The van der Waals surface area contributed by atoms with E-state index >= 15 is 0 Å². The normalized spacial score (nSPS) is 15.8. The molecule has 0 fully saturated rings. The van der Waals surface area contributed by atoms with Crippen molar-refractivity contribution in [2.45, 2.75) is 32.7 Å². The van der Waals surface area contributed by atoms with Gasteiger partial charge in [-0.3, -0.25) is 0 Å². The van der Waals surface area contributed by atoms with E-state index in [1.54, 1.807) is 4.68 Å². The van der Waals surface area contributed by atoms with Crippen LogP contribution < -0.4 is 5.32 Å². The van der Waals surface area contributed by atoms with E-state index in [-0.39, 0.29) is 5.97 Å². The first-order chi connectivity index (χ1) is 14.0. The van der Waals surface area contributed by atoms with Crippen LogP contribution in [-0.2, 0) is 9.53 Å². The number of esters is 1. The maximum Gasteiger partial charge on any atom is 0.338 e. The highest BCUT2D eigenvalue weighted by Crippen LogP contribution is 2.37. The minimum Gasteiger partial charge on any atom is -0.466 e. The van der Waals surface area contributed by atoms with E-state index < -0.39 is 6.04 Å². The molecule has 0 saturated carbocycles. The van der Waals surface area contributed by atoms with Crippen molar-refractivity contribution in [2.75, 3.05) is 12.4 Å². The maximum atomic E-state index is 12.6. The third-order valence-electron chi connectivity index (χ3n) is 5.21. The van der Waals surface area contributed by atoms with E-state index in [1.807, 2.05) is 37.3 Å². The van der Waals surface area contributed by atoms with Gasteiger partial charge in [-0.25, -0.2) is 9.48 Å². The molecule has 1 aliphatic heterocycles. The number of nitrogens with one attached hydrogen (secondary N) is 1. The number of benzene rings is 2. The molecular weight excluding hydrogens is 364 g/mol. The third-order valence-corrected chi connectivity index (χ3v) is 5.21. The van der Waals surface area contributed by atoms with Crippen molar-refractivity contribution >= 4 is 11.9 Å². The maximum absolute atomic E-state index is 12.6. The molecule has 148 valence electrons. The van der Waals surface area contributed by atoms with E-state index in [0.29, 0.717) is 29.0 Å². The quantitative estimate of drug-likeness (QED) is 0.665. The van der Waals surface area contributed by atoms with Gasteiger partial charge in [-0.2, -0.15) is 4.98 Å². The molecule has 0 radical (unpaired) electrons. The van der Waals surface area contributed by atoms with Crippen LogP contribution in [-0.4, -0.2) is 27.8 Å². The number of carbonyl (C=O) groups excluding carboxylic acids is 1. The molecule has 3 aromatic rings. The number of fused-ring (bicyclic) bond motifs is 1. The lowest BCUT2D eigenvalue weighted by Crippen LogP contribution is -2.29. The number of allylic oxidation sites excluding steroid dienone is 1. The molecule has 2 aromatic carbocycles. The van der Waals surface area contributed by atoms with Gasteiger partial charge in [0, 0.05) is 11.3 Å². The minimum atomic E-state index is -0.412. The lowest BCUT2D eigenvalue weighted by atomic mass is 9.93. The topological polar surface area (TPSA) is 69.0 Å². The van der Waals surface area contributed by atoms with Crippen LogP contribution >= 0.6 is 0 Å². The fraction of sp³-hybridized carbons (Fsp3) is 0.261. The highest BCUT2D eigenvalue weighted by atomic mass is 16.5. The summed E-state index contributed by atoms with van der Waals surface area (Å²) in [5.74, 6) is 1.26. The number of nitrogens with zero attached hydrogens (tertiary/aromatic N) is 3. The van der Waals surface area contributed by atoms with Crippen molar-refractivity contribution < 1.29 is 9.53 Å². The Labute approximate surface area is 170 Å². The summed E-state index contributed by atoms with van der Waals surface area (Å²) in [5, 5.41) is 7.95. The molecule has 29 heavy (non-hydrogen) atoms. The van der Waals surface area contributed by atoms with Crippen LogP contribution in [0.2, 0.25) is 0 Å². The van der Waals surface area contributed by atoms with Gasteiger partial charge in [0.15, 0.2) is 5.82 Å². The Kier molecular flexibility index (Phi) is 4.92. The molecule has 1 unspecified atom stereocenters. The average Bonchev–Trinajstić information content (AvgIpc) is 3.16. The van der Waals surface area contributed by atoms with Gasteiger partial charge >= 0.3 is 5.97 Å². The number of hydrogen-bond donors (Lipinski definition) is 1. The number of ether oxygens (including phenoxy) is 1. The second-order valence-electron chi connectivity index (χ2n) is 7.45. The Bertz CT molecular complexity index is 1070. The lowest BCUT2D eigenvalue weighted by Gasteiger charge is -2.28. The fourth-order valence-electron chi connectivity index (χ4n) is 3.61. The van der Waals surface area contributed by atoms with Crippen LogP contribution in [0.1, 0.15) is 43.9 Å². The van der Waals surface area contributed by atoms with Gasteiger partial charge in [-0.05, 0) is 24.0 Å². The molecule has 0 spiro atoms. The average molecular weight is 388 g/mol. The third kappa shape index (κ3) is 3.42. The zero-order chi connectivity index (χ0) is 20.5. The summed E-state index contributed by atoms with van der Waals surface area (Å²) in [6, 6.07) is 17.7. The van der Waals surface area contributed by atoms with Crippen LogP contribution in [0.5, 0.6) is 0 Å². The van der Waals surface area contributed by atoms with Crippen LogP contribution in [0, 0.1) is 0 Å². The molecule has 0 saturated heterocycles. The Hall–Kier alpha value is -3.41. The summed E-state index contributed by atoms with van der Waals surface area (Å²) in [6.07, 6.45) is 0. The summed E-state index contributed by atoms with van der Waals surface area (Å²) in [7, 11) is 1.40. The van der Waals surface area contributed by atoms with E-state index in [2.05, 4.69) is 48.4 Å². The summed E-state index contributed by atoms with van der Waals surface area (Å²) < 4.78 is 6.85. The molecule has 0 bridgehead atoms. The zero-order valence-corrected chi connectivity index (χ0v) is 17.0. The highest BCUT2D eigenvalue weighted by Gasteiger charge is 2.35. The number of anilines is 1. The van der Waals surface area contributed by atoms with Gasteiger partial charge in [-0.15, -0.1) is 5.10 Å². The van der Waals surface area contributed by atoms with Gasteiger partial charge in [0.25, 0.3) is 0 Å². The van der Waals surface area contributed by atoms with Gasteiger partial charge in [0.2, 0.25) is 5.95 Å². The number of carbonyl (C=O) groups is 1. The zero-order valence-electron chi connectivity index (χ0n) is 17.0. The van der Waals surface area contributed by atoms with Crippen LogP contribution in [0.3, 0.4) is 0 Å². The highest BCUT2D eigenvalue weighted by molar-refractivity contribution is 5.92. The summed E-state index contributed by atoms with van der Waals surface area (Å²) in [5.41, 5.74) is 4.37. The van der Waals surface area contributed by atoms with Crippen molar-refractivity contribution in [2.24, 2.45) is 0 Å². The van der Waals surface area contributed by atoms with Crippen molar-refractivity contribution in [1.82, 2.24) is 14.8 Å². The molecule has 0 amide bonds. The smallest absolute Gasteiger partial charge is 0.338 e. The van der Waals surface area contributed by atoms with Crippen molar-refractivity contribution in [1.29, 1.82) is 0 Å². The first-order valence-corrected chi connectivity index (χ1v) is 9.67. The first-order valence-electron chi connectivity index (χ1n) is 9.67. The second-order valence-corrected chi connectivity index (χ2v) is 7.45. The lowest BCUT2D eigenvalue weighted by molar-refractivity contribution is -0.136. The molecule has 1 aliphatic rings. The molecule has 1 atom stereocenters. The van der Waals surface area contributed by atoms with Crippen LogP contribution in [0.4, 0.5) is 5.95 Å². The minimum absolute atomic E-state index is 0.379. The summed E-state index contributed by atoms with van der Waals surface area (Å²) in [4.78, 5) is 17.3. The monoisotopic (exact) mass is 388 g/mol. The van der Waals surface area contributed by atoms with E-state index in [1.165, 1.54) is 12.7 Å². The van der Waals surface area contributed by atoms with Crippen molar-refractivity contribution in [3.05, 3.63) is 77.0 Å².